The standard InChI is InChI=1S/C13H20N2/c1-13(10-14,15-12-7-8-12)9-11-5-3-2-4-6-11/h2-6,12,15H,7-10,14H2,1H3. The fraction of sp³-hybridized carbons (Fsp3) is 0.538. The lowest BCUT2D eigenvalue weighted by molar-refractivity contribution is 0.358. The molecule has 1 aliphatic carbocycles. The van der Waals surface area contributed by atoms with Gasteiger partial charge in [0.05, 0.1) is 0 Å². The molecule has 1 saturated carbocycles. The lowest BCUT2D eigenvalue weighted by atomic mass is 9.93. The monoisotopic (exact) mass is 204 g/mol. The minimum atomic E-state index is 0.0581. The van der Waals surface area contributed by atoms with Gasteiger partial charge >= 0.3 is 0 Å². The van der Waals surface area contributed by atoms with Crippen molar-refractivity contribution in [1.29, 1.82) is 0 Å². The summed E-state index contributed by atoms with van der Waals surface area (Å²) >= 11 is 0. The molecule has 0 radical (unpaired) electrons. The van der Waals surface area contributed by atoms with Gasteiger partial charge in [-0.25, -0.2) is 0 Å². The Kier molecular flexibility index (Phi) is 3.08. The number of rotatable bonds is 5. The van der Waals surface area contributed by atoms with Crippen LogP contribution in [0.25, 0.3) is 0 Å². The Morgan fingerprint density at radius 2 is 2.00 bits per heavy atom. The van der Waals surface area contributed by atoms with Crippen LogP contribution in [0.1, 0.15) is 25.3 Å². The van der Waals surface area contributed by atoms with Gasteiger partial charge in [-0.1, -0.05) is 30.3 Å². The Bertz CT molecular complexity index is 306. The number of benzene rings is 1. The van der Waals surface area contributed by atoms with E-state index in [9.17, 15) is 0 Å². The van der Waals surface area contributed by atoms with Crippen molar-refractivity contribution in [2.24, 2.45) is 5.73 Å². The normalized spacial score (nSPS) is 19.9. The molecule has 15 heavy (non-hydrogen) atoms. The summed E-state index contributed by atoms with van der Waals surface area (Å²) in [6.45, 7) is 2.91. The zero-order valence-corrected chi connectivity index (χ0v) is 9.37. The second-order valence-corrected chi connectivity index (χ2v) is 4.85. The van der Waals surface area contributed by atoms with Crippen molar-refractivity contribution < 1.29 is 0 Å². The minimum Gasteiger partial charge on any atom is -0.329 e. The number of nitrogens with one attached hydrogen (secondary N) is 1. The molecule has 1 fully saturated rings. The smallest absolute Gasteiger partial charge is 0.0318 e. The molecule has 1 aromatic rings. The first-order valence-electron chi connectivity index (χ1n) is 5.73. The van der Waals surface area contributed by atoms with Gasteiger partial charge in [0.15, 0.2) is 0 Å². The van der Waals surface area contributed by atoms with Crippen molar-refractivity contribution in [3.63, 3.8) is 0 Å². The third kappa shape index (κ3) is 3.05. The van der Waals surface area contributed by atoms with E-state index in [1.54, 1.807) is 0 Å². The van der Waals surface area contributed by atoms with E-state index in [0.29, 0.717) is 12.6 Å². The fourth-order valence-electron chi connectivity index (χ4n) is 1.95. The lowest BCUT2D eigenvalue weighted by Crippen LogP contribution is -2.51. The van der Waals surface area contributed by atoms with Gasteiger partial charge in [-0.3, -0.25) is 0 Å². The third-order valence-electron chi connectivity index (χ3n) is 3.02. The predicted molar refractivity (Wildman–Crippen MR) is 63.8 cm³/mol. The molecule has 3 N–H and O–H groups in total. The van der Waals surface area contributed by atoms with Gasteiger partial charge in [-0.05, 0) is 31.7 Å². The van der Waals surface area contributed by atoms with E-state index in [2.05, 4.69) is 42.6 Å². The maximum absolute atomic E-state index is 5.87. The van der Waals surface area contributed by atoms with Gasteiger partial charge in [-0.15, -0.1) is 0 Å². The van der Waals surface area contributed by atoms with Gasteiger partial charge in [0.1, 0.15) is 0 Å². The fourth-order valence-corrected chi connectivity index (χ4v) is 1.95. The van der Waals surface area contributed by atoms with Crippen LogP contribution in [0.2, 0.25) is 0 Å². The van der Waals surface area contributed by atoms with E-state index in [-0.39, 0.29) is 5.54 Å². The molecule has 1 unspecified atom stereocenters. The highest BCUT2D eigenvalue weighted by molar-refractivity contribution is 5.18. The van der Waals surface area contributed by atoms with E-state index < -0.39 is 0 Å². The zero-order chi connectivity index (χ0) is 10.7. The maximum atomic E-state index is 5.87. The molecule has 0 saturated heterocycles. The van der Waals surface area contributed by atoms with E-state index in [4.69, 9.17) is 5.73 Å². The minimum absolute atomic E-state index is 0.0581. The maximum Gasteiger partial charge on any atom is 0.0318 e. The summed E-state index contributed by atoms with van der Waals surface area (Å²) in [5.41, 5.74) is 7.29. The second kappa shape index (κ2) is 4.33. The first-order chi connectivity index (χ1) is 7.22. The predicted octanol–water partition coefficient (Wildman–Crippen LogP) is 1.70. The number of hydrogen-bond acceptors (Lipinski definition) is 2. The SMILES string of the molecule is CC(CN)(Cc1ccccc1)NC1CC1. The molecule has 2 heteroatoms. The molecule has 0 aromatic heterocycles. The van der Waals surface area contributed by atoms with Gasteiger partial charge < -0.3 is 11.1 Å². The molecule has 2 nitrogen and oxygen atoms in total. The van der Waals surface area contributed by atoms with Crippen LogP contribution in [0, 0.1) is 0 Å². The first kappa shape index (κ1) is 10.7. The highest BCUT2D eigenvalue weighted by atomic mass is 15.0. The van der Waals surface area contributed by atoms with Crippen LogP contribution in [-0.2, 0) is 6.42 Å². The summed E-state index contributed by atoms with van der Waals surface area (Å²) in [5, 5.41) is 3.64. The topological polar surface area (TPSA) is 38.0 Å². The van der Waals surface area contributed by atoms with Gasteiger partial charge in [0.2, 0.25) is 0 Å². The zero-order valence-electron chi connectivity index (χ0n) is 9.37. The Balaban J connectivity index is 2.00. The largest absolute Gasteiger partial charge is 0.329 e. The van der Waals surface area contributed by atoms with Crippen LogP contribution in [-0.4, -0.2) is 18.1 Å². The molecular weight excluding hydrogens is 184 g/mol. The molecule has 1 aliphatic rings. The average molecular weight is 204 g/mol. The van der Waals surface area contributed by atoms with Crippen LogP contribution < -0.4 is 11.1 Å². The lowest BCUT2D eigenvalue weighted by Gasteiger charge is -2.30. The molecule has 2 rings (SSSR count). The summed E-state index contributed by atoms with van der Waals surface area (Å²) in [5.74, 6) is 0. The second-order valence-electron chi connectivity index (χ2n) is 4.85. The molecule has 0 bridgehead atoms. The molecule has 0 heterocycles. The Morgan fingerprint density at radius 1 is 1.33 bits per heavy atom. The summed E-state index contributed by atoms with van der Waals surface area (Å²) in [6, 6.07) is 11.3. The quantitative estimate of drug-likeness (QED) is 0.766. The molecule has 0 spiro atoms. The molecule has 1 atom stereocenters. The third-order valence-corrected chi connectivity index (χ3v) is 3.02. The van der Waals surface area contributed by atoms with Crippen molar-refractivity contribution >= 4 is 0 Å². The van der Waals surface area contributed by atoms with Crippen molar-refractivity contribution in [1.82, 2.24) is 5.32 Å². The van der Waals surface area contributed by atoms with Crippen LogP contribution >= 0.6 is 0 Å². The van der Waals surface area contributed by atoms with Gasteiger partial charge in [-0.2, -0.15) is 0 Å². The van der Waals surface area contributed by atoms with Crippen molar-refractivity contribution in [2.75, 3.05) is 6.54 Å². The summed E-state index contributed by atoms with van der Waals surface area (Å²) in [7, 11) is 0. The Labute approximate surface area is 91.9 Å². The molecule has 82 valence electrons. The Morgan fingerprint density at radius 3 is 2.53 bits per heavy atom. The number of nitrogens with two attached hydrogens (primary N) is 1. The van der Waals surface area contributed by atoms with Crippen LogP contribution in [0.4, 0.5) is 0 Å². The first-order valence-corrected chi connectivity index (χ1v) is 5.73. The summed E-state index contributed by atoms with van der Waals surface area (Å²) in [4.78, 5) is 0. The van der Waals surface area contributed by atoms with Crippen molar-refractivity contribution in [3.8, 4) is 0 Å². The molecule has 1 aromatic carbocycles. The Hall–Kier alpha value is -0.860. The average Bonchev–Trinajstić information content (AvgIpc) is 3.03. The van der Waals surface area contributed by atoms with Gasteiger partial charge in [0, 0.05) is 18.1 Å². The molecular formula is C13H20N2. The summed E-state index contributed by atoms with van der Waals surface area (Å²) in [6.07, 6.45) is 3.63. The number of hydrogen-bond donors (Lipinski definition) is 2. The molecule has 0 aliphatic heterocycles. The van der Waals surface area contributed by atoms with E-state index in [1.165, 1.54) is 18.4 Å². The molecule has 0 amide bonds. The van der Waals surface area contributed by atoms with E-state index in [1.807, 2.05) is 0 Å². The van der Waals surface area contributed by atoms with Gasteiger partial charge in [0.25, 0.3) is 0 Å². The highest BCUT2D eigenvalue weighted by Gasteiger charge is 2.31. The summed E-state index contributed by atoms with van der Waals surface area (Å²) < 4.78 is 0. The van der Waals surface area contributed by atoms with Crippen LogP contribution in [0.15, 0.2) is 30.3 Å². The highest BCUT2D eigenvalue weighted by Crippen LogP contribution is 2.23. The van der Waals surface area contributed by atoms with E-state index >= 15 is 0 Å². The van der Waals surface area contributed by atoms with Crippen molar-refractivity contribution in [3.05, 3.63) is 35.9 Å². The van der Waals surface area contributed by atoms with Crippen LogP contribution in [0.3, 0.4) is 0 Å². The van der Waals surface area contributed by atoms with Crippen LogP contribution in [0.5, 0.6) is 0 Å². The van der Waals surface area contributed by atoms with Crippen molar-refractivity contribution in [2.45, 2.75) is 37.8 Å². The van der Waals surface area contributed by atoms with E-state index in [0.717, 1.165) is 6.42 Å².